The van der Waals surface area contributed by atoms with Crippen LogP contribution in [0, 0.1) is 11.6 Å². The molecular weight excluding hydrogens is 626 g/mol. The molecule has 1 aliphatic heterocycles. The third-order valence-electron chi connectivity index (χ3n) is 8.99. The maximum Gasteiger partial charge on any atom is 0.354 e. The van der Waals surface area contributed by atoms with Gasteiger partial charge in [-0.3, -0.25) is 14.3 Å². The standard InChI is InChI=1S/C37H42F2N8O2/c38-29-9-12-34(32(39)22-29)47(31-13-17-42-18-14-31)36(48)27-7-5-26(6-8-27)33-21-28-24-46(37(49)44-35(28)43-33)30-10-3-25(4-11-30)23-45(19-1-15-40)20-2-16-41/h3-12,21-22,24,31,42H,1-2,13-20,23,40-41H2,(H,43,44,49). The monoisotopic (exact) mass is 668 g/mol. The van der Waals surface area contributed by atoms with Crippen molar-refractivity contribution in [2.45, 2.75) is 38.3 Å². The van der Waals surface area contributed by atoms with E-state index in [1.807, 2.05) is 30.3 Å². The predicted molar refractivity (Wildman–Crippen MR) is 189 cm³/mol. The van der Waals surface area contributed by atoms with Crippen LogP contribution in [0.2, 0.25) is 0 Å². The molecule has 49 heavy (non-hydrogen) atoms. The molecule has 1 fully saturated rings. The molecule has 1 amide bonds. The molecule has 2 aromatic heterocycles. The quantitative estimate of drug-likeness (QED) is 0.144. The highest BCUT2D eigenvalue weighted by Crippen LogP contribution is 2.29. The molecule has 3 heterocycles. The second kappa shape index (κ2) is 15.6. The fraction of sp³-hybridized carbons (Fsp3) is 0.324. The number of hydrogen-bond acceptors (Lipinski definition) is 7. The number of rotatable bonds is 13. The highest BCUT2D eigenvalue weighted by molar-refractivity contribution is 6.07. The van der Waals surface area contributed by atoms with Crippen molar-refractivity contribution in [2.24, 2.45) is 11.5 Å². The molecule has 0 unspecified atom stereocenters. The van der Waals surface area contributed by atoms with Crippen LogP contribution in [0.4, 0.5) is 14.5 Å². The topological polar surface area (TPSA) is 138 Å². The number of aromatic nitrogens is 3. The van der Waals surface area contributed by atoms with Gasteiger partial charge in [-0.15, -0.1) is 0 Å². The molecule has 0 spiro atoms. The van der Waals surface area contributed by atoms with Crippen LogP contribution in [-0.4, -0.2) is 70.7 Å². The summed E-state index contributed by atoms with van der Waals surface area (Å²) in [5, 5.41) is 4.01. The van der Waals surface area contributed by atoms with Gasteiger partial charge in [0.25, 0.3) is 5.91 Å². The Labute approximate surface area is 283 Å². The predicted octanol–water partition coefficient (Wildman–Crippen LogP) is 4.56. The highest BCUT2D eigenvalue weighted by Gasteiger charge is 2.30. The second-order valence-corrected chi connectivity index (χ2v) is 12.4. The van der Waals surface area contributed by atoms with Crippen molar-refractivity contribution in [1.29, 1.82) is 0 Å². The van der Waals surface area contributed by atoms with Gasteiger partial charge in [0.15, 0.2) is 0 Å². The van der Waals surface area contributed by atoms with Crippen molar-refractivity contribution in [3.05, 3.63) is 112 Å². The van der Waals surface area contributed by atoms with E-state index < -0.39 is 17.3 Å². The van der Waals surface area contributed by atoms with Gasteiger partial charge in [0, 0.05) is 41.5 Å². The molecule has 256 valence electrons. The molecule has 0 aliphatic carbocycles. The maximum absolute atomic E-state index is 14.9. The third kappa shape index (κ3) is 7.94. The smallest absolute Gasteiger partial charge is 0.339 e. The SMILES string of the molecule is NCCCN(CCCN)Cc1ccc(-n2cc3cc(-c4ccc(C(=O)N(c5ccc(F)cc5F)C5CCNCC5)cc4)[nH]c3nc2=O)cc1. The molecule has 5 aromatic rings. The third-order valence-corrected chi connectivity index (χ3v) is 8.99. The summed E-state index contributed by atoms with van der Waals surface area (Å²) in [6, 6.07) is 19.8. The van der Waals surface area contributed by atoms with Crippen molar-refractivity contribution in [2.75, 3.05) is 44.2 Å². The van der Waals surface area contributed by atoms with E-state index in [1.54, 1.807) is 30.5 Å². The summed E-state index contributed by atoms with van der Waals surface area (Å²) in [5.41, 5.74) is 15.3. The molecular formula is C37H42F2N8O2. The van der Waals surface area contributed by atoms with Crippen LogP contribution in [0.1, 0.15) is 41.6 Å². The van der Waals surface area contributed by atoms with E-state index in [0.717, 1.165) is 60.7 Å². The Morgan fingerprint density at radius 1 is 0.918 bits per heavy atom. The van der Waals surface area contributed by atoms with Gasteiger partial charge in [0.1, 0.15) is 17.3 Å². The minimum atomic E-state index is -0.775. The lowest BCUT2D eigenvalue weighted by molar-refractivity contribution is 0.0970. The van der Waals surface area contributed by atoms with E-state index in [0.29, 0.717) is 55.9 Å². The van der Waals surface area contributed by atoms with Gasteiger partial charge < -0.3 is 26.7 Å². The van der Waals surface area contributed by atoms with E-state index in [1.165, 1.54) is 21.6 Å². The fourth-order valence-corrected chi connectivity index (χ4v) is 6.40. The van der Waals surface area contributed by atoms with Crippen molar-refractivity contribution in [3.8, 4) is 16.9 Å². The first-order chi connectivity index (χ1) is 23.8. The Morgan fingerprint density at radius 2 is 1.61 bits per heavy atom. The van der Waals surface area contributed by atoms with Crippen molar-refractivity contribution < 1.29 is 13.6 Å². The van der Waals surface area contributed by atoms with E-state index in [9.17, 15) is 18.4 Å². The van der Waals surface area contributed by atoms with Gasteiger partial charge >= 0.3 is 5.69 Å². The second-order valence-electron chi connectivity index (χ2n) is 12.4. The molecule has 1 saturated heterocycles. The minimum absolute atomic E-state index is 0.0624. The van der Waals surface area contributed by atoms with Crippen LogP contribution in [0.15, 0.2) is 83.8 Å². The molecule has 0 atom stereocenters. The van der Waals surface area contributed by atoms with Gasteiger partial charge in [-0.05, 0) is 119 Å². The summed E-state index contributed by atoms with van der Waals surface area (Å²) in [7, 11) is 0. The molecule has 0 saturated carbocycles. The lowest BCUT2D eigenvalue weighted by Crippen LogP contribution is -2.46. The van der Waals surface area contributed by atoms with Gasteiger partial charge in [-0.1, -0.05) is 24.3 Å². The fourth-order valence-electron chi connectivity index (χ4n) is 6.40. The zero-order valence-electron chi connectivity index (χ0n) is 27.4. The number of nitrogens with one attached hydrogen (secondary N) is 2. The lowest BCUT2D eigenvalue weighted by Gasteiger charge is -2.35. The summed E-state index contributed by atoms with van der Waals surface area (Å²) in [6.45, 7) is 5.26. The van der Waals surface area contributed by atoms with E-state index >= 15 is 0 Å². The van der Waals surface area contributed by atoms with Gasteiger partial charge in [-0.25, -0.2) is 13.6 Å². The van der Waals surface area contributed by atoms with Crippen LogP contribution < -0.4 is 27.4 Å². The number of carbonyl (C=O) groups excluding carboxylic acids is 1. The summed E-state index contributed by atoms with van der Waals surface area (Å²) < 4.78 is 30.2. The summed E-state index contributed by atoms with van der Waals surface area (Å²) in [5.74, 6) is -1.83. The number of nitrogens with two attached hydrogens (primary N) is 2. The first kappa shape index (κ1) is 34.1. The van der Waals surface area contributed by atoms with Gasteiger partial charge in [-0.2, -0.15) is 4.98 Å². The normalized spacial score (nSPS) is 13.7. The molecule has 3 aromatic carbocycles. The Hall–Kier alpha value is -4.75. The molecule has 0 bridgehead atoms. The minimum Gasteiger partial charge on any atom is -0.339 e. The van der Waals surface area contributed by atoms with Crippen LogP contribution >= 0.6 is 0 Å². The average molecular weight is 669 g/mol. The molecule has 0 radical (unpaired) electrons. The Morgan fingerprint density at radius 3 is 2.27 bits per heavy atom. The lowest BCUT2D eigenvalue weighted by atomic mass is 10.0. The summed E-state index contributed by atoms with van der Waals surface area (Å²) >= 11 is 0. The van der Waals surface area contributed by atoms with Crippen LogP contribution in [-0.2, 0) is 6.54 Å². The number of H-pyrrole nitrogens is 1. The Kier molecular flexibility index (Phi) is 10.9. The number of carbonyl (C=O) groups is 1. The number of anilines is 1. The van der Waals surface area contributed by atoms with Crippen LogP contribution in [0.25, 0.3) is 28.0 Å². The number of fused-ring (bicyclic) bond motifs is 1. The van der Waals surface area contributed by atoms with E-state index in [-0.39, 0.29) is 17.6 Å². The zero-order valence-corrected chi connectivity index (χ0v) is 27.4. The summed E-state index contributed by atoms with van der Waals surface area (Å²) in [4.78, 5) is 38.2. The first-order valence-corrected chi connectivity index (χ1v) is 16.8. The molecule has 6 N–H and O–H groups in total. The Balaban J connectivity index is 1.21. The van der Waals surface area contributed by atoms with Crippen LogP contribution in [0.5, 0.6) is 0 Å². The number of nitrogens with zero attached hydrogens (tertiary/aromatic N) is 4. The molecule has 10 nitrogen and oxygen atoms in total. The maximum atomic E-state index is 14.9. The molecule has 1 aliphatic rings. The number of aromatic amines is 1. The zero-order chi connectivity index (χ0) is 34.3. The Bertz CT molecular complexity index is 1930. The number of hydrogen-bond donors (Lipinski definition) is 4. The van der Waals surface area contributed by atoms with Crippen molar-refractivity contribution in [1.82, 2.24) is 24.8 Å². The van der Waals surface area contributed by atoms with Crippen LogP contribution in [0.3, 0.4) is 0 Å². The average Bonchev–Trinajstić information content (AvgIpc) is 3.53. The largest absolute Gasteiger partial charge is 0.354 e. The molecule has 6 rings (SSSR count). The molecule has 12 heteroatoms. The number of piperidine rings is 1. The van der Waals surface area contributed by atoms with Gasteiger partial charge in [0.05, 0.1) is 11.4 Å². The summed E-state index contributed by atoms with van der Waals surface area (Å²) in [6.07, 6.45) is 4.90. The highest BCUT2D eigenvalue weighted by atomic mass is 19.1. The van der Waals surface area contributed by atoms with Crippen molar-refractivity contribution in [3.63, 3.8) is 0 Å². The number of benzene rings is 3. The first-order valence-electron chi connectivity index (χ1n) is 16.8. The number of amides is 1. The van der Waals surface area contributed by atoms with E-state index in [4.69, 9.17) is 11.5 Å². The van der Waals surface area contributed by atoms with E-state index in [2.05, 4.69) is 20.2 Å². The van der Waals surface area contributed by atoms with Crippen molar-refractivity contribution >= 4 is 22.6 Å². The number of halogens is 2. The van der Waals surface area contributed by atoms with Gasteiger partial charge in [0.2, 0.25) is 0 Å².